The Kier molecular flexibility index (Phi) is 5.41. The number of anilines is 3. The van der Waals surface area contributed by atoms with Crippen LogP contribution >= 0.6 is 0 Å². The molecule has 3 aromatic rings. The molecular weight excluding hydrogens is 349 g/mol. The lowest BCUT2D eigenvalue weighted by molar-refractivity contribution is 0.0600. The summed E-state index contributed by atoms with van der Waals surface area (Å²) in [4.78, 5) is 28.2. The summed E-state index contributed by atoms with van der Waals surface area (Å²) in [6.45, 7) is 0. The van der Waals surface area contributed by atoms with Gasteiger partial charge in [-0.3, -0.25) is 4.79 Å². The van der Waals surface area contributed by atoms with E-state index in [-0.39, 0.29) is 11.7 Å². The Morgan fingerprint density at radius 3 is 2.48 bits per heavy atom. The molecule has 136 valence electrons. The van der Waals surface area contributed by atoms with Crippen molar-refractivity contribution in [2.45, 2.75) is 0 Å². The SMILES string of the molecule is COC(=O)c1cccc(Nc2cc(C(=O)Nc3ccc(F)cc3)ccn2)c1. The summed E-state index contributed by atoms with van der Waals surface area (Å²) in [5.41, 5.74) is 1.88. The smallest absolute Gasteiger partial charge is 0.337 e. The van der Waals surface area contributed by atoms with Gasteiger partial charge in [0.15, 0.2) is 0 Å². The van der Waals surface area contributed by atoms with Crippen LogP contribution in [0, 0.1) is 5.82 Å². The summed E-state index contributed by atoms with van der Waals surface area (Å²) in [6, 6.07) is 15.4. The van der Waals surface area contributed by atoms with Crippen LogP contribution in [0.15, 0.2) is 66.9 Å². The Bertz CT molecular complexity index is 974. The second-order valence-electron chi connectivity index (χ2n) is 5.59. The number of pyridine rings is 1. The molecule has 0 aliphatic rings. The van der Waals surface area contributed by atoms with Crippen LogP contribution in [0.25, 0.3) is 0 Å². The number of halogens is 1. The van der Waals surface area contributed by atoms with Crippen molar-refractivity contribution in [2.75, 3.05) is 17.7 Å². The van der Waals surface area contributed by atoms with Crippen LogP contribution in [0.1, 0.15) is 20.7 Å². The maximum absolute atomic E-state index is 12.9. The molecule has 0 aliphatic heterocycles. The van der Waals surface area contributed by atoms with E-state index >= 15 is 0 Å². The van der Waals surface area contributed by atoms with Crippen LogP contribution in [-0.4, -0.2) is 24.0 Å². The van der Waals surface area contributed by atoms with Gasteiger partial charge in [0.2, 0.25) is 0 Å². The molecule has 1 amide bonds. The molecule has 0 saturated carbocycles. The van der Waals surface area contributed by atoms with E-state index in [0.717, 1.165) is 0 Å². The molecule has 0 saturated heterocycles. The summed E-state index contributed by atoms with van der Waals surface area (Å²) in [7, 11) is 1.31. The van der Waals surface area contributed by atoms with Gasteiger partial charge < -0.3 is 15.4 Å². The molecule has 0 unspecified atom stereocenters. The number of methoxy groups -OCH3 is 1. The van der Waals surface area contributed by atoms with E-state index in [4.69, 9.17) is 4.74 Å². The number of esters is 1. The van der Waals surface area contributed by atoms with Crippen molar-refractivity contribution in [3.63, 3.8) is 0 Å². The van der Waals surface area contributed by atoms with Crippen molar-refractivity contribution in [2.24, 2.45) is 0 Å². The number of aromatic nitrogens is 1. The first-order valence-corrected chi connectivity index (χ1v) is 8.03. The lowest BCUT2D eigenvalue weighted by Gasteiger charge is -2.09. The normalized spacial score (nSPS) is 10.1. The van der Waals surface area contributed by atoms with Crippen LogP contribution in [0.2, 0.25) is 0 Å². The molecule has 27 heavy (non-hydrogen) atoms. The first-order chi connectivity index (χ1) is 13.0. The molecule has 1 aromatic heterocycles. The molecule has 2 N–H and O–H groups in total. The quantitative estimate of drug-likeness (QED) is 0.668. The first kappa shape index (κ1) is 18.1. The van der Waals surface area contributed by atoms with Gasteiger partial charge in [0, 0.05) is 23.1 Å². The van der Waals surface area contributed by atoms with Crippen molar-refractivity contribution in [1.29, 1.82) is 0 Å². The number of hydrogen-bond acceptors (Lipinski definition) is 5. The number of nitrogens with zero attached hydrogens (tertiary/aromatic N) is 1. The summed E-state index contributed by atoms with van der Waals surface area (Å²) >= 11 is 0. The highest BCUT2D eigenvalue weighted by Crippen LogP contribution is 2.18. The summed E-state index contributed by atoms with van der Waals surface area (Å²) in [5.74, 6) is -0.740. The van der Waals surface area contributed by atoms with Crippen LogP contribution in [0.4, 0.5) is 21.6 Å². The fourth-order valence-corrected chi connectivity index (χ4v) is 2.37. The van der Waals surface area contributed by atoms with Crippen LogP contribution < -0.4 is 10.6 Å². The minimum Gasteiger partial charge on any atom is -0.465 e. The number of carbonyl (C=O) groups excluding carboxylic acids is 2. The zero-order chi connectivity index (χ0) is 19.2. The average molecular weight is 365 g/mol. The highest BCUT2D eigenvalue weighted by Gasteiger charge is 2.09. The Labute approximate surface area is 155 Å². The molecule has 0 atom stereocenters. The summed E-state index contributed by atoms with van der Waals surface area (Å²) in [6.07, 6.45) is 1.49. The zero-order valence-corrected chi connectivity index (χ0v) is 14.4. The molecule has 0 aliphatic carbocycles. The molecule has 6 nitrogen and oxygen atoms in total. The number of amides is 1. The van der Waals surface area contributed by atoms with E-state index in [1.54, 1.807) is 36.4 Å². The Balaban J connectivity index is 1.74. The predicted octanol–water partition coefficient (Wildman–Crippen LogP) is 4.00. The summed E-state index contributed by atoms with van der Waals surface area (Å²) in [5, 5.41) is 5.73. The van der Waals surface area contributed by atoms with Crippen molar-refractivity contribution in [1.82, 2.24) is 4.98 Å². The van der Waals surface area contributed by atoms with Crippen LogP contribution in [0.5, 0.6) is 0 Å². The minimum absolute atomic E-state index is 0.352. The van der Waals surface area contributed by atoms with Gasteiger partial charge in [-0.25, -0.2) is 14.2 Å². The van der Waals surface area contributed by atoms with E-state index in [2.05, 4.69) is 15.6 Å². The van der Waals surface area contributed by atoms with E-state index in [1.807, 2.05) is 0 Å². The Morgan fingerprint density at radius 2 is 1.74 bits per heavy atom. The van der Waals surface area contributed by atoms with Crippen molar-refractivity contribution in [3.05, 3.63) is 83.8 Å². The fourth-order valence-electron chi connectivity index (χ4n) is 2.37. The molecule has 0 spiro atoms. The van der Waals surface area contributed by atoms with Gasteiger partial charge in [0.1, 0.15) is 11.6 Å². The molecule has 1 heterocycles. The third-order valence-electron chi connectivity index (χ3n) is 3.68. The first-order valence-electron chi connectivity index (χ1n) is 8.03. The van der Waals surface area contributed by atoms with Gasteiger partial charge in [-0.2, -0.15) is 0 Å². The maximum Gasteiger partial charge on any atom is 0.337 e. The van der Waals surface area contributed by atoms with Crippen molar-refractivity contribution >= 4 is 29.1 Å². The van der Waals surface area contributed by atoms with Crippen molar-refractivity contribution in [3.8, 4) is 0 Å². The monoisotopic (exact) mass is 365 g/mol. The third kappa shape index (κ3) is 4.66. The fraction of sp³-hybridized carbons (Fsp3) is 0.0500. The number of benzene rings is 2. The molecule has 0 radical (unpaired) electrons. The van der Waals surface area contributed by atoms with E-state index < -0.39 is 5.97 Å². The molecule has 0 bridgehead atoms. The molecule has 0 fully saturated rings. The van der Waals surface area contributed by atoms with E-state index in [1.165, 1.54) is 37.6 Å². The Hall–Kier alpha value is -3.74. The number of ether oxygens (including phenoxy) is 1. The predicted molar refractivity (Wildman–Crippen MR) is 99.7 cm³/mol. The van der Waals surface area contributed by atoms with Crippen molar-refractivity contribution < 1.29 is 18.7 Å². The minimum atomic E-state index is -0.445. The standard InChI is InChI=1S/C20H16FN3O3/c1-27-20(26)14-3-2-4-17(11-14)23-18-12-13(9-10-22-18)19(25)24-16-7-5-15(21)6-8-16/h2-12H,1H3,(H,22,23)(H,24,25). The maximum atomic E-state index is 12.9. The number of nitrogens with one attached hydrogen (secondary N) is 2. The van der Waals surface area contributed by atoms with Crippen LogP contribution in [-0.2, 0) is 4.74 Å². The van der Waals surface area contributed by atoms with Gasteiger partial charge in [-0.1, -0.05) is 6.07 Å². The topological polar surface area (TPSA) is 80.3 Å². The van der Waals surface area contributed by atoms with Gasteiger partial charge in [0.05, 0.1) is 12.7 Å². The molecule has 3 rings (SSSR count). The lowest BCUT2D eigenvalue weighted by Crippen LogP contribution is -2.12. The Morgan fingerprint density at radius 1 is 0.963 bits per heavy atom. The third-order valence-corrected chi connectivity index (χ3v) is 3.68. The van der Waals surface area contributed by atoms with E-state index in [9.17, 15) is 14.0 Å². The largest absolute Gasteiger partial charge is 0.465 e. The van der Waals surface area contributed by atoms with Gasteiger partial charge >= 0.3 is 5.97 Å². The molecule has 7 heteroatoms. The number of hydrogen-bond donors (Lipinski definition) is 2. The average Bonchev–Trinajstić information content (AvgIpc) is 2.69. The van der Waals surface area contributed by atoms with Gasteiger partial charge in [-0.15, -0.1) is 0 Å². The number of rotatable bonds is 5. The second kappa shape index (κ2) is 8.09. The lowest BCUT2D eigenvalue weighted by atomic mass is 10.2. The second-order valence-corrected chi connectivity index (χ2v) is 5.59. The summed E-state index contributed by atoms with van der Waals surface area (Å²) < 4.78 is 17.6. The zero-order valence-electron chi connectivity index (χ0n) is 14.4. The van der Waals surface area contributed by atoms with Gasteiger partial charge in [-0.05, 0) is 54.6 Å². The highest BCUT2D eigenvalue weighted by molar-refractivity contribution is 6.04. The van der Waals surface area contributed by atoms with E-state index in [0.29, 0.717) is 28.3 Å². The van der Waals surface area contributed by atoms with Crippen LogP contribution in [0.3, 0.4) is 0 Å². The number of carbonyl (C=O) groups is 2. The molecular formula is C20H16FN3O3. The highest BCUT2D eigenvalue weighted by atomic mass is 19.1. The molecule has 2 aromatic carbocycles. The van der Waals surface area contributed by atoms with Gasteiger partial charge in [0.25, 0.3) is 5.91 Å².